The van der Waals surface area contributed by atoms with Crippen molar-refractivity contribution >= 4 is 23.2 Å². The van der Waals surface area contributed by atoms with Crippen LogP contribution in [0.25, 0.3) is 0 Å². The van der Waals surface area contributed by atoms with Crippen molar-refractivity contribution in [2.75, 3.05) is 6.54 Å². The molecule has 1 fully saturated rings. The first-order valence-electron chi connectivity index (χ1n) is 6.64. The van der Waals surface area contributed by atoms with Crippen LogP contribution >= 0.6 is 11.3 Å². The molecule has 1 saturated heterocycles. The van der Waals surface area contributed by atoms with Gasteiger partial charge in [0, 0.05) is 6.54 Å². The van der Waals surface area contributed by atoms with E-state index in [-0.39, 0.29) is 5.91 Å². The van der Waals surface area contributed by atoms with Gasteiger partial charge in [-0.2, -0.15) is 0 Å². The fourth-order valence-electron chi connectivity index (χ4n) is 2.55. The maximum Gasteiger partial charge on any atom is 0.326 e. The van der Waals surface area contributed by atoms with E-state index in [1.54, 1.807) is 0 Å². The lowest BCUT2D eigenvalue weighted by Gasteiger charge is -2.35. The van der Waals surface area contributed by atoms with Crippen molar-refractivity contribution in [1.29, 1.82) is 0 Å². The van der Waals surface area contributed by atoms with Crippen LogP contribution in [0.3, 0.4) is 0 Å². The highest BCUT2D eigenvalue weighted by molar-refractivity contribution is 7.12. The molecule has 5 heteroatoms. The van der Waals surface area contributed by atoms with Gasteiger partial charge in [-0.25, -0.2) is 4.79 Å². The number of likely N-dealkylation sites (tertiary alicyclic amines) is 1. The predicted octanol–water partition coefficient (Wildman–Crippen LogP) is 2.64. The molecule has 0 radical (unpaired) electrons. The van der Waals surface area contributed by atoms with Gasteiger partial charge in [-0.15, -0.1) is 11.3 Å². The summed E-state index contributed by atoms with van der Waals surface area (Å²) in [4.78, 5) is 26.1. The number of hydrogen-bond donors (Lipinski definition) is 1. The summed E-state index contributed by atoms with van der Waals surface area (Å²) in [5, 5.41) is 11.2. The van der Waals surface area contributed by atoms with E-state index in [9.17, 15) is 14.7 Å². The van der Waals surface area contributed by atoms with Gasteiger partial charge in [-0.1, -0.05) is 13.8 Å². The monoisotopic (exact) mass is 281 g/mol. The lowest BCUT2D eigenvalue weighted by Crippen LogP contribution is -2.49. The van der Waals surface area contributed by atoms with Gasteiger partial charge in [-0.05, 0) is 42.2 Å². The Hall–Kier alpha value is -1.36. The summed E-state index contributed by atoms with van der Waals surface area (Å²) in [5.74, 6) is -0.653. The van der Waals surface area contributed by atoms with Crippen molar-refractivity contribution in [2.45, 2.75) is 39.2 Å². The Balaban J connectivity index is 2.24. The third-order valence-corrected chi connectivity index (χ3v) is 4.68. The van der Waals surface area contributed by atoms with Crippen molar-refractivity contribution in [2.24, 2.45) is 5.92 Å². The van der Waals surface area contributed by atoms with E-state index in [0.29, 0.717) is 23.8 Å². The van der Waals surface area contributed by atoms with E-state index in [4.69, 9.17) is 0 Å². The Labute approximate surface area is 117 Å². The van der Waals surface area contributed by atoms with Gasteiger partial charge in [-0.3, -0.25) is 4.79 Å². The zero-order valence-electron chi connectivity index (χ0n) is 11.3. The Morgan fingerprint density at radius 1 is 1.53 bits per heavy atom. The predicted molar refractivity (Wildman–Crippen MR) is 74.6 cm³/mol. The molecule has 0 aliphatic carbocycles. The zero-order valence-corrected chi connectivity index (χ0v) is 12.1. The topological polar surface area (TPSA) is 57.6 Å². The van der Waals surface area contributed by atoms with Crippen molar-refractivity contribution < 1.29 is 14.7 Å². The minimum atomic E-state index is -0.894. The summed E-state index contributed by atoms with van der Waals surface area (Å²) in [7, 11) is 0. The molecule has 2 atom stereocenters. The summed E-state index contributed by atoms with van der Waals surface area (Å²) in [6, 6.07) is 1.27. The normalized spacial score (nSPS) is 23.4. The molecule has 0 spiro atoms. The van der Waals surface area contributed by atoms with E-state index in [1.165, 1.54) is 16.2 Å². The van der Waals surface area contributed by atoms with Crippen LogP contribution in [-0.2, 0) is 11.2 Å². The van der Waals surface area contributed by atoms with Crippen LogP contribution in [0.4, 0.5) is 0 Å². The number of carboxylic acids is 1. The highest BCUT2D eigenvalue weighted by Gasteiger charge is 2.35. The first-order valence-corrected chi connectivity index (χ1v) is 7.52. The molecule has 1 aromatic heterocycles. The number of piperidine rings is 1. The summed E-state index contributed by atoms with van der Waals surface area (Å²) >= 11 is 1.41. The number of amides is 1. The Morgan fingerprint density at radius 3 is 2.89 bits per heavy atom. The molecule has 2 rings (SSSR count). The first-order chi connectivity index (χ1) is 9.04. The van der Waals surface area contributed by atoms with Crippen LogP contribution in [0.2, 0.25) is 0 Å². The minimum absolute atomic E-state index is 0.119. The molecule has 1 aliphatic heterocycles. The highest BCUT2D eigenvalue weighted by Crippen LogP contribution is 2.27. The maximum absolute atomic E-state index is 12.5. The van der Waals surface area contributed by atoms with Crippen LogP contribution in [0.15, 0.2) is 11.4 Å². The van der Waals surface area contributed by atoms with Crippen LogP contribution in [0.5, 0.6) is 0 Å². The molecule has 1 aliphatic rings. The Morgan fingerprint density at radius 2 is 2.26 bits per heavy atom. The fraction of sp³-hybridized carbons (Fsp3) is 0.571. The van der Waals surface area contributed by atoms with Crippen LogP contribution in [0.1, 0.15) is 41.9 Å². The smallest absolute Gasteiger partial charge is 0.326 e. The number of nitrogens with zero attached hydrogens (tertiary/aromatic N) is 1. The number of aliphatic carboxylic acids is 1. The van der Waals surface area contributed by atoms with Crippen LogP contribution < -0.4 is 0 Å². The number of rotatable bonds is 3. The quantitative estimate of drug-likeness (QED) is 0.926. The lowest BCUT2D eigenvalue weighted by atomic mass is 9.92. The van der Waals surface area contributed by atoms with Crippen LogP contribution in [-0.4, -0.2) is 34.5 Å². The van der Waals surface area contributed by atoms with Crippen molar-refractivity contribution in [3.8, 4) is 0 Å². The number of hydrogen-bond acceptors (Lipinski definition) is 3. The molecule has 2 heterocycles. The van der Waals surface area contributed by atoms with Gasteiger partial charge in [0.25, 0.3) is 5.91 Å². The molecule has 0 saturated carbocycles. The molecule has 104 valence electrons. The summed E-state index contributed by atoms with van der Waals surface area (Å²) in [6.07, 6.45) is 2.23. The largest absolute Gasteiger partial charge is 0.480 e. The minimum Gasteiger partial charge on any atom is -0.480 e. The number of carbonyl (C=O) groups is 2. The molecule has 2 unspecified atom stereocenters. The summed E-state index contributed by atoms with van der Waals surface area (Å²) in [5.41, 5.74) is 1.01. The van der Waals surface area contributed by atoms with Crippen molar-refractivity contribution in [1.82, 2.24) is 4.90 Å². The molecule has 1 aromatic rings. The third-order valence-electron chi connectivity index (χ3n) is 3.73. The van der Waals surface area contributed by atoms with Gasteiger partial charge in [0.05, 0.1) is 4.88 Å². The molecular weight excluding hydrogens is 262 g/mol. The second-order valence-electron chi connectivity index (χ2n) is 5.11. The fourth-order valence-corrected chi connectivity index (χ4v) is 3.50. The molecule has 1 amide bonds. The van der Waals surface area contributed by atoms with E-state index in [0.717, 1.165) is 18.4 Å². The van der Waals surface area contributed by atoms with E-state index < -0.39 is 12.0 Å². The molecule has 4 nitrogen and oxygen atoms in total. The summed E-state index contributed by atoms with van der Waals surface area (Å²) in [6.45, 7) is 4.59. The molecular formula is C14H19NO3S. The third kappa shape index (κ3) is 2.81. The Kier molecular flexibility index (Phi) is 4.24. The number of carbonyl (C=O) groups excluding carboxylic acids is 1. The number of aryl methyl sites for hydroxylation is 1. The lowest BCUT2D eigenvalue weighted by molar-refractivity contribution is -0.144. The number of carboxylic acid groups (broad SMARTS) is 1. The van der Waals surface area contributed by atoms with Crippen molar-refractivity contribution in [3.63, 3.8) is 0 Å². The average molecular weight is 281 g/mol. The second-order valence-corrected chi connectivity index (χ2v) is 6.03. The zero-order chi connectivity index (χ0) is 14.0. The molecule has 19 heavy (non-hydrogen) atoms. The number of thiophene rings is 1. The standard InChI is InChI=1S/C14H19NO3S/c1-3-10-5-7-19-12(10)13(16)15-6-4-9(2)8-11(15)14(17)18/h5,7,9,11H,3-4,6,8H2,1-2H3,(H,17,18). The average Bonchev–Trinajstić information content (AvgIpc) is 2.86. The van der Waals surface area contributed by atoms with E-state index >= 15 is 0 Å². The highest BCUT2D eigenvalue weighted by atomic mass is 32.1. The molecule has 0 bridgehead atoms. The van der Waals surface area contributed by atoms with Crippen LogP contribution in [0, 0.1) is 5.92 Å². The first kappa shape index (κ1) is 14.1. The van der Waals surface area contributed by atoms with Gasteiger partial charge in [0.1, 0.15) is 6.04 Å². The van der Waals surface area contributed by atoms with Gasteiger partial charge >= 0.3 is 5.97 Å². The van der Waals surface area contributed by atoms with E-state index in [1.807, 2.05) is 25.3 Å². The van der Waals surface area contributed by atoms with E-state index in [2.05, 4.69) is 0 Å². The molecule has 1 N–H and O–H groups in total. The SMILES string of the molecule is CCc1ccsc1C(=O)N1CCC(C)CC1C(=O)O. The van der Waals surface area contributed by atoms with Gasteiger partial charge < -0.3 is 10.0 Å². The van der Waals surface area contributed by atoms with Gasteiger partial charge in [0.2, 0.25) is 0 Å². The van der Waals surface area contributed by atoms with Crippen molar-refractivity contribution in [3.05, 3.63) is 21.9 Å². The molecule has 0 aromatic carbocycles. The Bertz CT molecular complexity index is 483. The second kappa shape index (κ2) is 5.74. The maximum atomic E-state index is 12.5. The summed E-state index contributed by atoms with van der Waals surface area (Å²) < 4.78 is 0. The van der Waals surface area contributed by atoms with Gasteiger partial charge in [0.15, 0.2) is 0 Å².